The van der Waals surface area contributed by atoms with Crippen LogP contribution in [0.5, 0.6) is 0 Å². The predicted octanol–water partition coefficient (Wildman–Crippen LogP) is 1.54. The lowest BCUT2D eigenvalue weighted by atomic mass is 10.2. The van der Waals surface area contributed by atoms with Crippen LogP contribution >= 0.6 is 0 Å². The molecule has 8 nitrogen and oxygen atoms in total. The molecule has 1 aliphatic heterocycles. The van der Waals surface area contributed by atoms with E-state index < -0.39 is 18.2 Å². The van der Waals surface area contributed by atoms with E-state index in [0.29, 0.717) is 24.2 Å². The Morgan fingerprint density at radius 3 is 2.04 bits per heavy atom. The third-order valence-corrected chi connectivity index (χ3v) is 3.91. The molecule has 0 bridgehead atoms. The molecule has 1 aliphatic carbocycles. The molecule has 8 heteroatoms. The summed E-state index contributed by atoms with van der Waals surface area (Å²) in [5.41, 5.74) is 1.17. The maximum absolute atomic E-state index is 12.1. The number of rotatable bonds is 5. The first-order valence-corrected chi connectivity index (χ1v) is 7.88. The number of carboxylic acid groups (broad SMARTS) is 1. The van der Waals surface area contributed by atoms with Gasteiger partial charge in [-0.15, -0.1) is 0 Å². The van der Waals surface area contributed by atoms with E-state index in [0.717, 1.165) is 12.8 Å². The van der Waals surface area contributed by atoms with Crippen LogP contribution in [0.2, 0.25) is 0 Å². The van der Waals surface area contributed by atoms with E-state index in [9.17, 15) is 14.4 Å². The zero-order valence-electron chi connectivity index (χ0n) is 13.0. The fourth-order valence-corrected chi connectivity index (χ4v) is 2.45. The molecule has 1 aromatic carbocycles. The summed E-state index contributed by atoms with van der Waals surface area (Å²) >= 11 is 0. The fraction of sp³-hybridized carbons (Fsp3) is 0.438. The first-order chi connectivity index (χ1) is 11.5. The van der Waals surface area contributed by atoms with Crippen LogP contribution in [0.25, 0.3) is 0 Å². The minimum atomic E-state index is -1.05. The Balaban J connectivity index is 1.49. The van der Waals surface area contributed by atoms with Gasteiger partial charge >= 0.3 is 12.0 Å². The summed E-state index contributed by atoms with van der Waals surface area (Å²) in [6, 6.07) is 6.72. The third kappa shape index (κ3) is 4.23. The first kappa shape index (κ1) is 16.3. The SMILES string of the molecule is O=C(Nc1ccc(NC(=O)[C@@H]2CC[C@H](C(=O)O)O2)cc1)NC1CC1. The predicted molar refractivity (Wildman–Crippen MR) is 85.8 cm³/mol. The second-order valence-electron chi connectivity index (χ2n) is 5.97. The molecule has 3 amide bonds. The molecule has 4 N–H and O–H groups in total. The number of amides is 3. The standard InChI is InChI=1S/C16H19N3O5/c20-14(12-7-8-13(24-12)15(21)22)17-9-1-3-10(4-2-9)18-16(23)19-11-5-6-11/h1-4,11-13H,5-8H2,(H,17,20)(H,21,22)(H2,18,19,23)/t12-,13+/m0/s1. The van der Waals surface area contributed by atoms with Crippen LogP contribution < -0.4 is 16.0 Å². The Hall–Kier alpha value is -2.61. The van der Waals surface area contributed by atoms with Crippen molar-refractivity contribution >= 4 is 29.3 Å². The second-order valence-corrected chi connectivity index (χ2v) is 5.97. The van der Waals surface area contributed by atoms with E-state index in [2.05, 4.69) is 16.0 Å². The number of aliphatic carboxylic acids is 1. The summed E-state index contributed by atoms with van der Waals surface area (Å²) in [6.07, 6.45) is 1.07. The monoisotopic (exact) mass is 333 g/mol. The molecule has 128 valence electrons. The van der Waals surface area contributed by atoms with Gasteiger partial charge in [0.1, 0.15) is 6.10 Å². The van der Waals surface area contributed by atoms with Crippen LogP contribution in [-0.2, 0) is 14.3 Å². The molecule has 0 unspecified atom stereocenters. The second kappa shape index (κ2) is 6.88. The minimum Gasteiger partial charge on any atom is -0.479 e. The highest BCUT2D eigenvalue weighted by Gasteiger charge is 2.34. The summed E-state index contributed by atoms with van der Waals surface area (Å²) in [5, 5.41) is 17.1. The Kier molecular flexibility index (Phi) is 4.66. The summed E-state index contributed by atoms with van der Waals surface area (Å²) in [4.78, 5) is 34.5. The first-order valence-electron chi connectivity index (χ1n) is 7.88. The van der Waals surface area contributed by atoms with Crippen molar-refractivity contribution < 1.29 is 24.2 Å². The van der Waals surface area contributed by atoms with Gasteiger partial charge in [-0.3, -0.25) is 4.79 Å². The topological polar surface area (TPSA) is 117 Å². The van der Waals surface area contributed by atoms with Gasteiger partial charge in [0.15, 0.2) is 6.10 Å². The van der Waals surface area contributed by atoms with Gasteiger partial charge in [0.25, 0.3) is 5.91 Å². The Labute approximate surface area is 138 Å². The third-order valence-electron chi connectivity index (χ3n) is 3.91. The summed E-state index contributed by atoms with van der Waals surface area (Å²) in [5.74, 6) is -1.42. The number of nitrogens with one attached hydrogen (secondary N) is 3. The highest BCUT2D eigenvalue weighted by molar-refractivity contribution is 5.95. The van der Waals surface area contributed by atoms with Gasteiger partial charge in [-0.05, 0) is 49.9 Å². The van der Waals surface area contributed by atoms with Crippen molar-refractivity contribution in [3.8, 4) is 0 Å². The number of anilines is 2. The number of carbonyl (C=O) groups is 3. The van der Waals surface area contributed by atoms with E-state index in [1.54, 1.807) is 24.3 Å². The van der Waals surface area contributed by atoms with Crippen molar-refractivity contribution in [1.82, 2.24) is 5.32 Å². The Morgan fingerprint density at radius 2 is 1.50 bits per heavy atom. The largest absolute Gasteiger partial charge is 0.479 e. The summed E-state index contributed by atoms with van der Waals surface area (Å²) < 4.78 is 5.20. The maximum Gasteiger partial charge on any atom is 0.332 e. The van der Waals surface area contributed by atoms with Gasteiger partial charge in [0.05, 0.1) is 0 Å². The maximum atomic E-state index is 12.1. The van der Waals surface area contributed by atoms with E-state index in [4.69, 9.17) is 9.84 Å². The van der Waals surface area contributed by atoms with E-state index in [1.165, 1.54) is 0 Å². The number of benzene rings is 1. The molecule has 0 aromatic heterocycles. The van der Waals surface area contributed by atoms with Crippen molar-refractivity contribution in [3.63, 3.8) is 0 Å². The average Bonchev–Trinajstić information content (AvgIpc) is 3.20. The Morgan fingerprint density at radius 1 is 0.917 bits per heavy atom. The van der Waals surface area contributed by atoms with Crippen molar-refractivity contribution in [3.05, 3.63) is 24.3 Å². The lowest BCUT2D eigenvalue weighted by Crippen LogP contribution is -2.30. The molecule has 2 atom stereocenters. The quantitative estimate of drug-likeness (QED) is 0.652. The summed E-state index contributed by atoms with van der Waals surface area (Å²) in [7, 11) is 0. The fourth-order valence-electron chi connectivity index (χ4n) is 2.45. The highest BCUT2D eigenvalue weighted by atomic mass is 16.5. The zero-order chi connectivity index (χ0) is 17.1. The molecule has 2 fully saturated rings. The van der Waals surface area contributed by atoms with Crippen molar-refractivity contribution in [1.29, 1.82) is 0 Å². The number of ether oxygens (including phenoxy) is 1. The molecular formula is C16H19N3O5. The lowest BCUT2D eigenvalue weighted by molar-refractivity contribution is -0.150. The number of urea groups is 1. The van der Waals surface area contributed by atoms with Crippen LogP contribution in [-0.4, -0.2) is 41.3 Å². The average molecular weight is 333 g/mol. The van der Waals surface area contributed by atoms with Crippen LogP contribution in [0.3, 0.4) is 0 Å². The van der Waals surface area contributed by atoms with Crippen molar-refractivity contribution in [2.75, 3.05) is 10.6 Å². The molecule has 1 aromatic rings. The smallest absolute Gasteiger partial charge is 0.332 e. The molecule has 0 radical (unpaired) electrons. The lowest BCUT2D eigenvalue weighted by Gasteiger charge is -2.12. The molecule has 2 aliphatic rings. The molecule has 1 saturated heterocycles. The van der Waals surface area contributed by atoms with Gasteiger partial charge in [-0.2, -0.15) is 0 Å². The van der Waals surface area contributed by atoms with E-state index in [1.807, 2.05) is 0 Å². The number of hydrogen-bond donors (Lipinski definition) is 4. The molecule has 0 spiro atoms. The van der Waals surface area contributed by atoms with Gasteiger partial charge in [0.2, 0.25) is 0 Å². The summed E-state index contributed by atoms with van der Waals surface area (Å²) in [6.45, 7) is 0. The van der Waals surface area contributed by atoms with Gasteiger partial charge in [0, 0.05) is 17.4 Å². The molecule has 3 rings (SSSR count). The molecule has 1 heterocycles. The molecule has 1 saturated carbocycles. The molecule has 24 heavy (non-hydrogen) atoms. The van der Waals surface area contributed by atoms with E-state index >= 15 is 0 Å². The van der Waals surface area contributed by atoms with Crippen LogP contribution in [0.1, 0.15) is 25.7 Å². The van der Waals surface area contributed by atoms with Gasteiger partial charge in [-0.1, -0.05) is 0 Å². The minimum absolute atomic E-state index is 0.242. The van der Waals surface area contributed by atoms with Crippen LogP contribution in [0.15, 0.2) is 24.3 Å². The normalized spacial score (nSPS) is 22.7. The highest BCUT2D eigenvalue weighted by Crippen LogP contribution is 2.22. The van der Waals surface area contributed by atoms with Crippen LogP contribution in [0, 0.1) is 0 Å². The van der Waals surface area contributed by atoms with Crippen LogP contribution in [0.4, 0.5) is 16.2 Å². The molecular weight excluding hydrogens is 314 g/mol. The van der Waals surface area contributed by atoms with Gasteiger partial charge < -0.3 is 25.8 Å². The zero-order valence-corrected chi connectivity index (χ0v) is 13.0. The van der Waals surface area contributed by atoms with Crippen molar-refractivity contribution in [2.45, 2.75) is 43.9 Å². The van der Waals surface area contributed by atoms with Crippen molar-refractivity contribution in [2.24, 2.45) is 0 Å². The Bertz CT molecular complexity index is 642. The number of carboxylic acids is 1. The van der Waals surface area contributed by atoms with Gasteiger partial charge in [-0.25, -0.2) is 9.59 Å². The number of hydrogen-bond acceptors (Lipinski definition) is 4. The van der Waals surface area contributed by atoms with E-state index in [-0.39, 0.29) is 18.0 Å². The number of carbonyl (C=O) groups excluding carboxylic acids is 2.